The minimum Gasteiger partial charge on any atom is -0.497 e. The summed E-state index contributed by atoms with van der Waals surface area (Å²) in [5, 5.41) is 6.79. The number of benzene rings is 1. The zero-order valence-corrected chi connectivity index (χ0v) is 24.6. The standard InChI is InChI=1S/C27H30F6N6O4S/c1-17(16-43-12-7-22(40)37-8-10-38(11-9-37)25-34-14-21(44-25)26(28,29)30)36-20-13-35-39(24(41)23(20)27(31,32)33)15-18-3-5-19(42-2)6-4-18/h3-6,13-14,17,36H,7-12,15-16H2,1-2H3. The summed E-state index contributed by atoms with van der Waals surface area (Å²) in [5.41, 5.74) is -2.60. The van der Waals surface area contributed by atoms with Gasteiger partial charge in [-0.25, -0.2) is 9.67 Å². The van der Waals surface area contributed by atoms with Gasteiger partial charge in [0, 0.05) is 32.2 Å². The molecule has 17 heteroatoms. The van der Waals surface area contributed by atoms with Crippen molar-refractivity contribution in [2.24, 2.45) is 0 Å². The summed E-state index contributed by atoms with van der Waals surface area (Å²) in [7, 11) is 1.48. The first-order valence-corrected chi connectivity index (χ1v) is 14.3. The molecule has 1 unspecified atom stereocenters. The largest absolute Gasteiger partial charge is 0.497 e. The number of thiazole rings is 1. The van der Waals surface area contributed by atoms with Gasteiger partial charge < -0.3 is 24.6 Å². The number of hydrogen-bond acceptors (Lipinski definition) is 9. The lowest BCUT2D eigenvalue weighted by Gasteiger charge is -2.34. The summed E-state index contributed by atoms with van der Waals surface area (Å²) in [6.45, 7) is 2.59. The van der Waals surface area contributed by atoms with Crippen LogP contribution in [0.2, 0.25) is 0 Å². The normalized spacial score (nSPS) is 14.9. The number of nitrogens with one attached hydrogen (secondary N) is 1. The summed E-state index contributed by atoms with van der Waals surface area (Å²) < 4.78 is 91.5. The van der Waals surface area contributed by atoms with Crippen molar-refractivity contribution in [2.75, 3.05) is 56.7 Å². The van der Waals surface area contributed by atoms with Crippen LogP contribution in [0, 0.1) is 0 Å². The van der Waals surface area contributed by atoms with Crippen LogP contribution >= 0.6 is 11.3 Å². The molecule has 1 aliphatic rings. The van der Waals surface area contributed by atoms with Crippen molar-refractivity contribution in [3.05, 3.63) is 63.0 Å². The van der Waals surface area contributed by atoms with Gasteiger partial charge >= 0.3 is 12.4 Å². The van der Waals surface area contributed by atoms with Gasteiger partial charge in [0.2, 0.25) is 5.91 Å². The predicted octanol–water partition coefficient (Wildman–Crippen LogP) is 4.35. The van der Waals surface area contributed by atoms with Crippen molar-refractivity contribution in [1.29, 1.82) is 0 Å². The van der Waals surface area contributed by atoms with Gasteiger partial charge in [-0.05, 0) is 24.6 Å². The predicted molar refractivity (Wildman–Crippen MR) is 150 cm³/mol. The topological polar surface area (TPSA) is 102 Å². The Bertz CT molecular complexity index is 1470. The molecule has 0 radical (unpaired) electrons. The third-order valence-electron chi connectivity index (χ3n) is 6.72. The maximum Gasteiger partial charge on any atom is 0.427 e. The maximum atomic E-state index is 13.9. The second-order valence-corrected chi connectivity index (χ2v) is 11.0. The van der Waals surface area contributed by atoms with E-state index in [1.165, 1.54) is 7.11 Å². The SMILES string of the molecule is COc1ccc(Cn2ncc(NC(C)COCCC(=O)N3CCN(c4ncc(C(F)(F)F)s4)CC3)c(C(F)(F)F)c2=O)cc1. The molecule has 1 atom stereocenters. The first kappa shape index (κ1) is 33.0. The Balaban J connectivity index is 1.25. The molecule has 1 N–H and O–H groups in total. The van der Waals surface area contributed by atoms with E-state index in [-0.39, 0.29) is 37.2 Å². The number of piperazine rings is 1. The Morgan fingerprint density at radius 1 is 1.05 bits per heavy atom. The average Bonchev–Trinajstić information content (AvgIpc) is 3.48. The molecule has 1 fully saturated rings. The summed E-state index contributed by atoms with van der Waals surface area (Å²) in [6, 6.07) is 5.83. The highest BCUT2D eigenvalue weighted by Crippen LogP contribution is 2.36. The Morgan fingerprint density at radius 3 is 2.32 bits per heavy atom. The van der Waals surface area contributed by atoms with Gasteiger partial charge in [-0.3, -0.25) is 9.59 Å². The van der Waals surface area contributed by atoms with Gasteiger partial charge in [0.25, 0.3) is 5.56 Å². The molecule has 0 bridgehead atoms. The highest BCUT2D eigenvalue weighted by Gasteiger charge is 2.38. The van der Waals surface area contributed by atoms with E-state index >= 15 is 0 Å². The molecule has 3 aromatic rings. The van der Waals surface area contributed by atoms with Crippen LogP contribution in [0.1, 0.15) is 29.3 Å². The highest BCUT2D eigenvalue weighted by molar-refractivity contribution is 7.15. The molecule has 0 saturated carbocycles. The summed E-state index contributed by atoms with van der Waals surface area (Å²) in [6.07, 6.45) is -7.65. The van der Waals surface area contributed by atoms with Crippen LogP contribution in [-0.4, -0.2) is 78.1 Å². The average molecular weight is 649 g/mol. The van der Waals surface area contributed by atoms with Gasteiger partial charge in [-0.15, -0.1) is 0 Å². The van der Waals surface area contributed by atoms with E-state index in [0.717, 1.165) is 17.1 Å². The lowest BCUT2D eigenvalue weighted by atomic mass is 10.2. The Morgan fingerprint density at radius 2 is 1.73 bits per heavy atom. The zero-order chi connectivity index (χ0) is 32.1. The number of halogens is 6. The molecule has 0 spiro atoms. The number of hydrogen-bond donors (Lipinski definition) is 1. The van der Waals surface area contributed by atoms with Crippen LogP contribution in [0.15, 0.2) is 41.5 Å². The first-order valence-electron chi connectivity index (χ1n) is 13.5. The smallest absolute Gasteiger partial charge is 0.427 e. The number of amides is 1. The van der Waals surface area contributed by atoms with Crippen LogP contribution < -0.4 is 20.5 Å². The third kappa shape index (κ3) is 8.40. The molecule has 10 nitrogen and oxygen atoms in total. The minimum atomic E-state index is -4.94. The van der Waals surface area contributed by atoms with Gasteiger partial charge in [0.15, 0.2) is 5.13 Å². The van der Waals surface area contributed by atoms with E-state index in [4.69, 9.17) is 9.47 Å². The Hall–Kier alpha value is -3.86. The van der Waals surface area contributed by atoms with E-state index in [9.17, 15) is 35.9 Å². The number of ether oxygens (including phenoxy) is 2. The number of rotatable bonds is 11. The van der Waals surface area contributed by atoms with E-state index in [0.29, 0.717) is 48.8 Å². The Labute approximate surface area is 252 Å². The van der Waals surface area contributed by atoms with Gasteiger partial charge in [-0.1, -0.05) is 23.5 Å². The molecule has 1 aliphatic heterocycles. The molecule has 2 aromatic heterocycles. The van der Waals surface area contributed by atoms with E-state index in [1.54, 1.807) is 41.0 Å². The van der Waals surface area contributed by atoms with Gasteiger partial charge in [0.05, 0.1) is 51.4 Å². The fourth-order valence-corrected chi connectivity index (χ4v) is 5.30. The molecule has 1 aromatic carbocycles. The number of nitrogens with zero attached hydrogens (tertiary/aromatic N) is 5. The number of alkyl halides is 6. The molecule has 1 saturated heterocycles. The molecule has 0 aliphatic carbocycles. The van der Waals surface area contributed by atoms with Crippen molar-refractivity contribution in [2.45, 2.75) is 38.3 Å². The molecule has 4 rings (SSSR count). The van der Waals surface area contributed by atoms with Crippen molar-refractivity contribution in [3.8, 4) is 5.75 Å². The van der Waals surface area contributed by atoms with Crippen LogP contribution in [0.25, 0.3) is 0 Å². The molecule has 1 amide bonds. The number of carbonyl (C=O) groups excluding carboxylic acids is 1. The van der Waals surface area contributed by atoms with Crippen LogP contribution in [0.4, 0.5) is 37.2 Å². The fourth-order valence-electron chi connectivity index (χ4n) is 4.46. The number of anilines is 2. The second kappa shape index (κ2) is 13.8. The molecule has 240 valence electrons. The third-order valence-corrected chi connectivity index (χ3v) is 7.83. The minimum absolute atomic E-state index is 0.000322. The Kier molecular flexibility index (Phi) is 10.4. The van der Waals surface area contributed by atoms with Crippen molar-refractivity contribution in [3.63, 3.8) is 0 Å². The maximum absolute atomic E-state index is 13.9. The molecule has 44 heavy (non-hydrogen) atoms. The number of methoxy groups -OCH3 is 1. The van der Waals surface area contributed by atoms with E-state index in [2.05, 4.69) is 15.4 Å². The quantitative estimate of drug-likeness (QED) is 0.242. The fraction of sp³-hybridized carbons (Fsp3) is 0.481. The van der Waals surface area contributed by atoms with Crippen LogP contribution in [0.5, 0.6) is 5.75 Å². The summed E-state index contributed by atoms with van der Waals surface area (Å²) in [4.78, 5) is 31.7. The van der Waals surface area contributed by atoms with E-state index < -0.39 is 40.1 Å². The van der Waals surface area contributed by atoms with Crippen LogP contribution in [0.3, 0.4) is 0 Å². The lowest BCUT2D eigenvalue weighted by molar-refractivity contribution is -0.138. The van der Waals surface area contributed by atoms with E-state index in [1.807, 2.05) is 0 Å². The molecular formula is C27H30F6N6O4S. The summed E-state index contributed by atoms with van der Waals surface area (Å²) in [5.74, 6) is 0.341. The summed E-state index contributed by atoms with van der Waals surface area (Å²) >= 11 is 0.552. The monoisotopic (exact) mass is 648 g/mol. The molecule has 3 heterocycles. The zero-order valence-electron chi connectivity index (χ0n) is 23.7. The van der Waals surface area contributed by atoms with Gasteiger partial charge in [-0.2, -0.15) is 31.4 Å². The molecular weight excluding hydrogens is 618 g/mol. The number of carbonyl (C=O) groups is 1. The van der Waals surface area contributed by atoms with Crippen LogP contribution in [-0.2, 0) is 28.4 Å². The van der Waals surface area contributed by atoms with Gasteiger partial charge in [0.1, 0.15) is 16.2 Å². The number of aromatic nitrogens is 3. The van der Waals surface area contributed by atoms with Crippen molar-refractivity contribution >= 4 is 28.1 Å². The highest BCUT2D eigenvalue weighted by atomic mass is 32.1. The first-order chi connectivity index (χ1) is 20.8. The van der Waals surface area contributed by atoms with Crippen molar-refractivity contribution in [1.82, 2.24) is 19.7 Å². The second-order valence-electron chi connectivity index (χ2n) is 9.98. The van der Waals surface area contributed by atoms with Crippen molar-refractivity contribution < 1.29 is 40.6 Å². The lowest BCUT2D eigenvalue weighted by Crippen LogP contribution is -2.49.